The molecule has 1 fully saturated rings. The van der Waals surface area contributed by atoms with Crippen LogP contribution in [0, 0.1) is 0 Å². The number of carbonyl (C=O) groups is 1. The largest absolute Gasteiger partial charge is 0.368 e. The Kier molecular flexibility index (Phi) is 4.61. The molecule has 0 saturated carbocycles. The summed E-state index contributed by atoms with van der Waals surface area (Å²) in [5.74, 6) is -0.0500. The van der Waals surface area contributed by atoms with Crippen molar-refractivity contribution < 1.29 is 9.53 Å². The number of hydrogen-bond acceptors (Lipinski definition) is 2. The predicted octanol–water partition coefficient (Wildman–Crippen LogP) is 2.97. The van der Waals surface area contributed by atoms with Gasteiger partial charge in [0, 0.05) is 17.7 Å². The summed E-state index contributed by atoms with van der Waals surface area (Å²) in [6, 6.07) is 7.79. The van der Waals surface area contributed by atoms with Gasteiger partial charge in [-0.1, -0.05) is 12.1 Å². The molecule has 2 unspecified atom stereocenters. The van der Waals surface area contributed by atoms with Crippen molar-refractivity contribution in [2.24, 2.45) is 0 Å². The molecular weight excluding hydrogens is 250 g/mol. The molecule has 18 heavy (non-hydrogen) atoms. The topological polar surface area (TPSA) is 38.3 Å². The quantitative estimate of drug-likeness (QED) is 0.852. The fourth-order valence-electron chi connectivity index (χ4n) is 2.06. The number of carbonyl (C=O) groups excluding carboxylic acids is 1. The van der Waals surface area contributed by atoms with E-state index in [1.54, 1.807) is 0 Å². The third-order valence-corrected chi connectivity index (χ3v) is 3.11. The van der Waals surface area contributed by atoms with Crippen molar-refractivity contribution in [3.05, 3.63) is 29.8 Å². The van der Waals surface area contributed by atoms with Crippen LogP contribution in [0.4, 0.5) is 5.69 Å². The standard InChI is InChI=1S/C14H18ClNO2/c1-10(15)9-11-4-6-12(7-5-11)16-14(17)13-3-2-8-18-13/h4-7,10,13H,2-3,8-9H2,1H3,(H,16,17). The second kappa shape index (κ2) is 6.21. The molecule has 1 amide bonds. The van der Waals surface area contributed by atoms with E-state index in [2.05, 4.69) is 5.32 Å². The van der Waals surface area contributed by atoms with E-state index >= 15 is 0 Å². The number of hydrogen-bond donors (Lipinski definition) is 1. The van der Waals surface area contributed by atoms with Crippen LogP contribution >= 0.6 is 11.6 Å². The van der Waals surface area contributed by atoms with Crippen LogP contribution in [0.3, 0.4) is 0 Å². The van der Waals surface area contributed by atoms with Gasteiger partial charge in [-0.2, -0.15) is 0 Å². The van der Waals surface area contributed by atoms with E-state index < -0.39 is 0 Å². The Balaban J connectivity index is 1.91. The zero-order valence-corrected chi connectivity index (χ0v) is 11.2. The van der Waals surface area contributed by atoms with Crippen LogP contribution in [-0.2, 0) is 16.0 Å². The summed E-state index contributed by atoms with van der Waals surface area (Å²) in [5, 5.41) is 2.99. The summed E-state index contributed by atoms with van der Waals surface area (Å²) in [6.45, 7) is 2.65. The van der Waals surface area contributed by atoms with Crippen LogP contribution in [0.5, 0.6) is 0 Å². The van der Waals surface area contributed by atoms with Gasteiger partial charge in [-0.05, 0) is 43.9 Å². The maximum atomic E-state index is 11.8. The first-order valence-electron chi connectivity index (χ1n) is 6.30. The van der Waals surface area contributed by atoms with Gasteiger partial charge in [0.2, 0.25) is 0 Å². The number of alkyl halides is 1. The van der Waals surface area contributed by atoms with Gasteiger partial charge in [0.05, 0.1) is 0 Å². The molecule has 1 aromatic rings. The molecule has 1 aromatic carbocycles. The molecular formula is C14H18ClNO2. The first-order chi connectivity index (χ1) is 8.65. The van der Waals surface area contributed by atoms with Crippen LogP contribution in [0.1, 0.15) is 25.3 Å². The van der Waals surface area contributed by atoms with Gasteiger partial charge in [-0.3, -0.25) is 4.79 Å². The van der Waals surface area contributed by atoms with Gasteiger partial charge in [0.25, 0.3) is 5.91 Å². The highest BCUT2D eigenvalue weighted by atomic mass is 35.5. The zero-order valence-electron chi connectivity index (χ0n) is 10.5. The first kappa shape index (κ1) is 13.4. The number of nitrogens with one attached hydrogen (secondary N) is 1. The van der Waals surface area contributed by atoms with Crippen LogP contribution in [0.25, 0.3) is 0 Å². The Morgan fingerprint density at radius 3 is 2.78 bits per heavy atom. The van der Waals surface area contributed by atoms with Crippen LogP contribution in [-0.4, -0.2) is 24.0 Å². The number of rotatable bonds is 4. The molecule has 1 aliphatic heterocycles. The third kappa shape index (κ3) is 3.72. The molecule has 2 atom stereocenters. The Labute approximate surface area is 112 Å². The van der Waals surface area contributed by atoms with E-state index in [-0.39, 0.29) is 17.4 Å². The molecule has 1 N–H and O–H groups in total. The van der Waals surface area contributed by atoms with E-state index in [1.807, 2.05) is 31.2 Å². The second-order valence-electron chi connectivity index (χ2n) is 4.67. The fraction of sp³-hybridized carbons (Fsp3) is 0.500. The van der Waals surface area contributed by atoms with Crippen molar-refractivity contribution >= 4 is 23.2 Å². The fourth-order valence-corrected chi connectivity index (χ4v) is 2.23. The number of amides is 1. The molecule has 3 nitrogen and oxygen atoms in total. The lowest BCUT2D eigenvalue weighted by Gasteiger charge is -2.11. The van der Waals surface area contributed by atoms with Crippen molar-refractivity contribution in [3.63, 3.8) is 0 Å². The molecule has 98 valence electrons. The minimum absolute atomic E-state index is 0.0500. The maximum Gasteiger partial charge on any atom is 0.253 e. The van der Waals surface area contributed by atoms with Crippen molar-refractivity contribution in [1.82, 2.24) is 0 Å². The molecule has 0 radical (unpaired) electrons. The van der Waals surface area contributed by atoms with Gasteiger partial charge in [-0.25, -0.2) is 0 Å². The summed E-state index contributed by atoms with van der Waals surface area (Å²) in [4.78, 5) is 11.8. The van der Waals surface area contributed by atoms with E-state index in [0.717, 1.165) is 24.9 Å². The summed E-state index contributed by atoms with van der Waals surface area (Å²) in [5.41, 5.74) is 1.98. The molecule has 4 heteroatoms. The number of anilines is 1. The lowest BCUT2D eigenvalue weighted by Crippen LogP contribution is -2.26. The van der Waals surface area contributed by atoms with Crippen molar-refractivity contribution in [1.29, 1.82) is 0 Å². The second-order valence-corrected chi connectivity index (χ2v) is 5.42. The number of ether oxygens (including phenoxy) is 1. The van der Waals surface area contributed by atoms with Crippen LogP contribution < -0.4 is 5.32 Å². The summed E-state index contributed by atoms with van der Waals surface area (Å²) >= 11 is 5.94. The lowest BCUT2D eigenvalue weighted by molar-refractivity contribution is -0.124. The third-order valence-electron chi connectivity index (χ3n) is 2.96. The van der Waals surface area contributed by atoms with Crippen molar-refractivity contribution in [2.45, 2.75) is 37.7 Å². The normalized spacial score (nSPS) is 20.7. The Bertz CT molecular complexity index is 397. The Morgan fingerprint density at radius 1 is 1.50 bits per heavy atom. The molecule has 0 aliphatic carbocycles. The minimum Gasteiger partial charge on any atom is -0.368 e. The first-order valence-corrected chi connectivity index (χ1v) is 6.74. The van der Waals surface area contributed by atoms with E-state index in [1.165, 1.54) is 5.56 Å². The van der Waals surface area contributed by atoms with Crippen molar-refractivity contribution in [2.75, 3.05) is 11.9 Å². The highest BCUT2D eigenvalue weighted by Crippen LogP contribution is 2.16. The van der Waals surface area contributed by atoms with Crippen LogP contribution in [0.15, 0.2) is 24.3 Å². The van der Waals surface area contributed by atoms with Gasteiger partial charge in [0.15, 0.2) is 0 Å². The smallest absolute Gasteiger partial charge is 0.253 e. The van der Waals surface area contributed by atoms with Gasteiger partial charge in [0.1, 0.15) is 6.10 Å². The molecule has 0 spiro atoms. The number of benzene rings is 1. The number of halogens is 1. The molecule has 1 heterocycles. The van der Waals surface area contributed by atoms with E-state index in [0.29, 0.717) is 6.61 Å². The minimum atomic E-state index is -0.285. The summed E-state index contributed by atoms with van der Waals surface area (Å²) in [6.07, 6.45) is 2.33. The molecule has 1 aliphatic rings. The molecule has 0 bridgehead atoms. The predicted molar refractivity (Wildman–Crippen MR) is 73.1 cm³/mol. The summed E-state index contributed by atoms with van der Waals surface area (Å²) < 4.78 is 5.33. The highest BCUT2D eigenvalue weighted by molar-refractivity contribution is 6.20. The van der Waals surface area contributed by atoms with Crippen molar-refractivity contribution in [3.8, 4) is 0 Å². The van der Waals surface area contributed by atoms with Gasteiger partial charge >= 0.3 is 0 Å². The zero-order chi connectivity index (χ0) is 13.0. The van der Waals surface area contributed by atoms with Gasteiger partial charge < -0.3 is 10.1 Å². The molecule has 2 rings (SSSR count). The highest BCUT2D eigenvalue weighted by Gasteiger charge is 2.23. The van der Waals surface area contributed by atoms with Gasteiger partial charge in [-0.15, -0.1) is 11.6 Å². The molecule has 1 saturated heterocycles. The monoisotopic (exact) mass is 267 g/mol. The lowest BCUT2D eigenvalue weighted by atomic mass is 10.1. The Hall–Kier alpha value is -1.06. The maximum absolute atomic E-state index is 11.8. The average Bonchev–Trinajstić information content (AvgIpc) is 2.84. The van der Waals surface area contributed by atoms with E-state index in [9.17, 15) is 4.79 Å². The molecule has 0 aromatic heterocycles. The Morgan fingerprint density at radius 2 is 2.22 bits per heavy atom. The SMILES string of the molecule is CC(Cl)Cc1ccc(NC(=O)C2CCCO2)cc1. The average molecular weight is 268 g/mol. The summed E-state index contributed by atoms with van der Waals surface area (Å²) in [7, 11) is 0. The van der Waals surface area contributed by atoms with Crippen LogP contribution in [0.2, 0.25) is 0 Å². The van der Waals surface area contributed by atoms with E-state index in [4.69, 9.17) is 16.3 Å².